The molecule has 0 radical (unpaired) electrons. The van der Waals surface area contributed by atoms with Crippen LogP contribution in [0.3, 0.4) is 0 Å². The van der Waals surface area contributed by atoms with Gasteiger partial charge in [0.25, 0.3) is 0 Å². The third-order valence-electron chi connectivity index (χ3n) is 5.41. The van der Waals surface area contributed by atoms with E-state index in [-0.39, 0.29) is 5.54 Å². The van der Waals surface area contributed by atoms with E-state index in [1.165, 1.54) is 51.4 Å². The highest BCUT2D eigenvalue weighted by Gasteiger charge is 2.40. The molecule has 0 aromatic heterocycles. The van der Waals surface area contributed by atoms with Gasteiger partial charge < -0.3 is 10.4 Å². The number of aliphatic hydroxyl groups is 1. The summed E-state index contributed by atoms with van der Waals surface area (Å²) in [5, 5.41) is 13.8. The third kappa shape index (κ3) is 3.27. The summed E-state index contributed by atoms with van der Waals surface area (Å²) in [5.41, 5.74) is 0.0154. The second-order valence-corrected chi connectivity index (χ2v) is 6.93. The summed E-state index contributed by atoms with van der Waals surface area (Å²) < 4.78 is 0. The van der Waals surface area contributed by atoms with Crippen LogP contribution in [0.5, 0.6) is 0 Å². The molecule has 0 heterocycles. The predicted molar refractivity (Wildman–Crippen MR) is 76.6 cm³/mol. The van der Waals surface area contributed by atoms with Crippen LogP contribution >= 0.6 is 0 Å². The van der Waals surface area contributed by atoms with Gasteiger partial charge in [-0.2, -0.15) is 0 Å². The van der Waals surface area contributed by atoms with E-state index in [1.54, 1.807) is 0 Å². The van der Waals surface area contributed by atoms with E-state index in [0.717, 1.165) is 12.3 Å². The highest BCUT2D eigenvalue weighted by molar-refractivity contribution is 4.98. The first-order chi connectivity index (χ1) is 8.66. The zero-order valence-corrected chi connectivity index (χ0v) is 12.3. The zero-order chi connectivity index (χ0) is 13.0. The van der Waals surface area contributed by atoms with Gasteiger partial charge in [-0.3, -0.25) is 0 Å². The molecule has 18 heavy (non-hydrogen) atoms. The fourth-order valence-electron chi connectivity index (χ4n) is 4.02. The van der Waals surface area contributed by atoms with Gasteiger partial charge >= 0.3 is 0 Å². The Morgan fingerprint density at radius 2 is 1.72 bits per heavy atom. The Kier molecular flexibility index (Phi) is 5.08. The Balaban J connectivity index is 1.98. The molecule has 3 atom stereocenters. The number of hydrogen-bond acceptors (Lipinski definition) is 2. The van der Waals surface area contributed by atoms with Gasteiger partial charge in [-0.15, -0.1) is 0 Å². The molecule has 2 saturated carbocycles. The Morgan fingerprint density at radius 3 is 2.28 bits per heavy atom. The van der Waals surface area contributed by atoms with Gasteiger partial charge in [-0.1, -0.05) is 39.5 Å². The maximum Gasteiger partial charge on any atom is 0.0616 e. The van der Waals surface area contributed by atoms with Gasteiger partial charge in [0, 0.05) is 11.6 Å². The highest BCUT2D eigenvalue weighted by atomic mass is 16.3. The van der Waals surface area contributed by atoms with Crippen molar-refractivity contribution in [2.45, 2.75) is 83.2 Å². The van der Waals surface area contributed by atoms with E-state index in [2.05, 4.69) is 19.2 Å². The number of rotatable bonds is 3. The normalized spacial score (nSPS) is 39.5. The van der Waals surface area contributed by atoms with E-state index in [0.29, 0.717) is 18.6 Å². The first-order valence-electron chi connectivity index (χ1n) is 8.05. The van der Waals surface area contributed by atoms with Crippen LogP contribution in [0.25, 0.3) is 0 Å². The molecule has 0 amide bonds. The molecule has 2 aliphatic carbocycles. The molecule has 2 N–H and O–H groups in total. The van der Waals surface area contributed by atoms with Crippen molar-refractivity contribution >= 4 is 0 Å². The van der Waals surface area contributed by atoms with Crippen molar-refractivity contribution in [3.8, 4) is 0 Å². The SMILES string of the molecule is CC1CCC(CO)(NC2CCCCCC2)C(C)C1. The highest BCUT2D eigenvalue weighted by Crippen LogP contribution is 2.37. The van der Waals surface area contributed by atoms with E-state index >= 15 is 0 Å². The molecule has 0 aromatic rings. The zero-order valence-electron chi connectivity index (χ0n) is 12.3. The van der Waals surface area contributed by atoms with E-state index < -0.39 is 0 Å². The van der Waals surface area contributed by atoms with Gasteiger partial charge in [0.2, 0.25) is 0 Å². The topological polar surface area (TPSA) is 32.3 Å². The molecule has 2 nitrogen and oxygen atoms in total. The van der Waals surface area contributed by atoms with Crippen molar-refractivity contribution < 1.29 is 5.11 Å². The Bertz CT molecular complexity index is 247. The fraction of sp³-hybridized carbons (Fsp3) is 1.00. The molecule has 2 aliphatic rings. The minimum atomic E-state index is 0.0154. The number of aliphatic hydroxyl groups excluding tert-OH is 1. The Hall–Kier alpha value is -0.0800. The molecule has 0 spiro atoms. The molecule has 2 heteroatoms. The minimum Gasteiger partial charge on any atom is -0.394 e. The third-order valence-corrected chi connectivity index (χ3v) is 5.41. The monoisotopic (exact) mass is 253 g/mol. The van der Waals surface area contributed by atoms with Gasteiger partial charge in [-0.25, -0.2) is 0 Å². The maximum absolute atomic E-state index is 9.94. The van der Waals surface area contributed by atoms with Crippen molar-refractivity contribution in [3.05, 3.63) is 0 Å². The summed E-state index contributed by atoms with van der Waals surface area (Å²) in [6.45, 7) is 5.00. The first kappa shape index (κ1) is 14.3. The van der Waals surface area contributed by atoms with Crippen LogP contribution in [0, 0.1) is 11.8 Å². The lowest BCUT2D eigenvalue weighted by Crippen LogP contribution is -2.59. The van der Waals surface area contributed by atoms with Crippen molar-refractivity contribution in [2.24, 2.45) is 11.8 Å². The van der Waals surface area contributed by atoms with Gasteiger partial charge in [-0.05, 0) is 43.9 Å². The Labute approximate surface area is 113 Å². The molecular formula is C16H31NO. The molecular weight excluding hydrogens is 222 g/mol. The first-order valence-corrected chi connectivity index (χ1v) is 8.05. The molecule has 0 bridgehead atoms. The summed E-state index contributed by atoms with van der Waals surface area (Å²) >= 11 is 0. The van der Waals surface area contributed by atoms with Crippen LogP contribution in [0.1, 0.15) is 71.6 Å². The lowest BCUT2D eigenvalue weighted by molar-refractivity contribution is 0.0455. The average Bonchev–Trinajstić information content (AvgIpc) is 2.61. The second-order valence-electron chi connectivity index (χ2n) is 6.93. The molecule has 0 saturated heterocycles. The molecule has 0 aromatic carbocycles. The van der Waals surface area contributed by atoms with Gasteiger partial charge in [0.05, 0.1) is 6.61 Å². The lowest BCUT2D eigenvalue weighted by atomic mass is 9.70. The second kappa shape index (κ2) is 6.38. The fourth-order valence-corrected chi connectivity index (χ4v) is 4.02. The molecule has 2 fully saturated rings. The number of nitrogens with one attached hydrogen (secondary N) is 1. The standard InChI is InChI=1S/C16H31NO/c1-13-9-10-16(12-18,14(2)11-13)17-15-7-5-3-4-6-8-15/h13-15,17-18H,3-12H2,1-2H3. The van der Waals surface area contributed by atoms with Crippen molar-refractivity contribution in [1.82, 2.24) is 5.32 Å². The summed E-state index contributed by atoms with van der Waals surface area (Å²) in [5.74, 6) is 1.44. The average molecular weight is 253 g/mol. The minimum absolute atomic E-state index is 0.0154. The van der Waals surface area contributed by atoms with Crippen LogP contribution in [-0.2, 0) is 0 Å². The quantitative estimate of drug-likeness (QED) is 0.755. The summed E-state index contributed by atoms with van der Waals surface area (Å²) in [7, 11) is 0. The van der Waals surface area contributed by atoms with E-state index in [9.17, 15) is 5.11 Å². The summed E-state index contributed by atoms with van der Waals surface area (Å²) in [6, 6.07) is 0.649. The van der Waals surface area contributed by atoms with Crippen molar-refractivity contribution in [3.63, 3.8) is 0 Å². The summed E-state index contributed by atoms with van der Waals surface area (Å²) in [4.78, 5) is 0. The van der Waals surface area contributed by atoms with Gasteiger partial charge in [0.1, 0.15) is 0 Å². The van der Waals surface area contributed by atoms with Crippen LogP contribution in [0.15, 0.2) is 0 Å². The Morgan fingerprint density at radius 1 is 1.06 bits per heavy atom. The molecule has 106 valence electrons. The van der Waals surface area contributed by atoms with E-state index in [4.69, 9.17) is 0 Å². The molecule has 2 rings (SSSR count). The van der Waals surface area contributed by atoms with Crippen LogP contribution in [0.2, 0.25) is 0 Å². The smallest absolute Gasteiger partial charge is 0.0616 e. The maximum atomic E-state index is 9.94. The largest absolute Gasteiger partial charge is 0.394 e. The lowest BCUT2D eigenvalue weighted by Gasteiger charge is -2.46. The molecule has 3 unspecified atom stereocenters. The van der Waals surface area contributed by atoms with Crippen LogP contribution < -0.4 is 5.32 Å². The van der Waals surface area contributed by atoms with E-state index in [1.807, 2.05) is 0 Å². The van der Waals surface area contributed by atoms with Crippen LogP contribution in [0.4, 0.5) is 0 Å². The van der Waals surface area contributed by atoms with Crippen LogP contribution in [-0.4, -0.2) is 23.3 Å². The van der Waals surface area contributed by atoms with Crippen molar-refractivity contribution in [2.75, 3.05) is 6.61 Å². The van der Waals surface area contributed by atoms with Crippen molar-refractivity contribution in [1.29, 1.82) is 0 Å². The van der Waals surface area contributed by atoms with Gasteiger partial charge in [0.15, 0.2) is 0 Å². The predicted octanol–water partition coefficient (Wildman–Crippen LogP) is 3.49. The molecule has 0 aliphatic heterocycles. The summed E-state index contributed by atoms with van der Waals surface area (Å²) in [6.07, 6.45) is 11.8. The number of hydrogen-bond donors (Lipinski definition) is 2.